The molecule has 0 aliphatic rings. The number of aryl methyl sites for hydroxylation is 1. The van der Waals surface area contributed by atoms with E-state index in [0.29, 0.717) is 24.1 Å². The Morgan fingerprint density at radius 1 is 0.968 bits per heavy atom. The summed E-state index contributed by atoms with van der Waals surface area (Å²) in [6.45, 7) is 3.86. The highest BCUT2D eigenvalue weighted by Crippen LogP contribution is 2.40. The van der Waals surface area contributed by atoms with Crippen molar-refractivity contribution in [2.75, 3.05) is 0 Å². The summed E-state index contributed by atoms with van der Waals surface area (Å²) in [7, 11) is 0. The second-order valence-corrected chi connectivity index (χ2v) is 7.19. The number of nitrogens with zero attached hydrogens (tertiary/aromatic N) is 4. The Morgan fingerprint density at radius 3 is 2.32 bits per heavy atom. The fourth-order valence-corrected chi connectivity index (χ4v) is 3.67. The molecule has 0 unspecified atom stereocenters. The van der Waals surface area contributed by atoms with Crippen molar-refractivity contribution in [3.8, 4) is 22.8 Å². The zero-order valence-electron chi connectivity index (χ0n) is 16.7. The quantitative estimate of drug-likeness (QED) is 0.357. The van der Waals surface area contributed by atoms with E-state index in [0.717, 1.165) is 28.8 Å². The second kappa shape index (κ2) is 8.19. The first-order chi connectivity index (χ1) is 14.8. The summed E-state index contributed by atoms with van der Waals surface area (Å²) in [6.07, 6.45) is -3.36. The van der Waals surface area contributed by atoms with Gasteiger partial charge in [-0.15, -0.1) is 15.3 Å². The number of alkyl halides is 3. The van der Waals surface area contributed by atoms with Crippen LogP contribution in [0.2, 0.25) is 5.28 Å². The molecule has 2 aromatic heterocycles. The summed E-state index contributed by atoms with van der Waals surface area (Å²) >= 11 is 6.11. The van der Waals surface area contributed by atoms with Crippen LogP contribution in [0.4, 0.5) is 13.2 Å². The molecule has 160 valence electrons. The predicted molar refractivity (Wildman–Crippen MR) is 112 cm³/mol. The monoisotopic (exact) mass is 446 g/mol. The minimum Gasteiger partial charge on any atom is -0.437 e. The van der Waals surface area contributed by atoms with Gasteiger partial charge in [-0.05, 0) is 42.1 Å². The van der Waals surface area contributed by atoms with Gasteiger partial charge < -0.3 is 4.74 Å². The van der Waals surface area contributed by atoms with Crippen LogP contribution >= 0.6 is 11.6 Å². The summed E-state index contributed by atoms with van der Waals surface area (Å²) in [4.78, 5) is 0. The highest BCUT2D eigenvalue weighted by molar-refractivity contribution is 6.28. The van der Waals surface area contributed by atoms with E-state index in [4.69, 9.17) is 16.3 Å². The average molecular weight is 447 g/mol. The van der Waals surface area contributed by atoms with Crippen LogP contribution in [0.1, 0.15) is 30.5 Å². The van der Waals surface area contributed by atoms with E-state index >= 15 is 0 Å². The van der Waals surface area contributed by atoms with Gasteiger partial charge in [-0.2, -0.15) is 17.7 Å². The van der Waals surface area contributed by atoms with Crippen molar-refractivity contribution in [1.29, 1.82) is 0 Å². The van der Waals surface area contributed by atoms with E-state index in [1.54, 1.807) is 12.1 Å². The van der Waals surface area contributed by atoms with Crippen LogP contribution in [-0.2, 0) is 19.0 Å². The van der Waals surface area contributed by atoms with Crippen LogP contribution in [0.25, 0.3) is 16.8 Å². The fourth-order valence-electron chi connectivity index (χ4n) is 3.51. The molecular formula is C22H18ClF3N4O. The molecule has 4 rings (SSSR count). The Hall–Kier alpha value is -3.13. The Bertz CT molecular complexity index is 1240. The van der Waals surface area contributed by atoms with Crippen LogP contribution in [-0.4, -0.2) is 19.8 Å². The number of rotatable bonds is 5. The van der Waals surface area contributed by atoms with Crippen LogP contribution in [0, 0.1) is 0 Å². The van der Waals surface area contributed by atoms with Crippen molar-refractivity contribution >= 4 is 17.2 Å². The topological polar surface area (TPSA) is 52.3 Å². The van der Waals surface area contributed by atoms with Gasteiger partial charge in [0.25, 0.3) is 0 Å². The van der Waals surface area contributed by atoms with Gasteiger partial charge in [0.1, 0.15) is 5.75 Å². The molecular weight excluding hydrogens is 429 g/mol. The molecule has 0 atom stereocenters. The number of aromatic nitrogens is 4. The van der Waals surface area contributed by atoms with Gasteiger partial charge in [0.15, 0.2) is 5.65 Å². The standard InChI is InChI=1S/C22H18ClF3N4O/c1-3-15-16(4-2)20(29-30-19(15)27-28-21(30)23)31-18-12-14(22(24,25)26)10-11-17(18)13-8-6-5-7-9-13/h5-12H,3-4H2,1-2H3. The number of fused-ring (bicyclic) bond motifs is 1. The Kier molecular flexibility index (Phi) is 5.58. The fraction of sp³-hybridized carbons (Fsp3) is 0.227. The van der Waals surface area contributed by atoms with Crippen LogP contribution in [0.3, 0.4) is 0 Å². The molecule has 9 heteroatoms. The molecule has 2 heterocycles. The van der Waals surface area contributed by atoms with Gasteiger partial charge in [-0.3, -0.25) is 0 Å². The number of ether oxygens (including phenoxy) is 1. The summed E-state index contributed by atoms with van der Waals surface area (Å²) in [5.74, 6) is 0.221. The number of benzene rings is 2. The molecule has 0 spiro atoms. The van der Waals surface area contributed by atoms with Gasteiger partial charge >= 0.3 is 6.18 Å². The number of halogens is 4. The molecule has 0 aliphatic heterocycles. The van der Waals surface area contributed by atoms with Gasteiger partial charge in [0.2, 0.25) is 11.2 Å². The zero-order chi connectivity index (χ0) is 22.2. The zero-order valence-corrected chi connectivity index (χ0v) is 17.5. The molecule has 5 nitrogen and oxygen atoms in total. The lowest BCUT2D eigenvalue weighted by molar-refractivity contribution is -0.137. The molecule has 0 amide bonds. The Balaban J connectivity index is 1.92. The molecule has 0 bridgehead atoms. The van der Waals surface area contributed by atoms with Crippen molar-refractivity contribution in [2.45, 2.75) is 32.9 Å². The van der Waals surface area contributed by atoms with Crippen molar-refractivity contribution in [3.05, 3.63) is 70.5 Å². The van der Waals surface area contributed by atoms with Crippen molar-refractivity contribution < 1.29 is 17.9 Å². The lowest BCUT2D eigenvalue weighted by Gasteiger charge is -2.17. The maximum atomic E-state index is 13.4. The van der Waals surface area contributed by atoms with E-state index < -0.39 is 11.7 Å². The van der Waals surface area contributed by atoms with Crippen LogP contribution < -0.4 is 4.74 Å². The summed E-state index contributed by atoms with van der Waals surface area (Å²) in [5.41, 5.74) is 2.52. The van der Waals surface area contributed by atoms with Gasteiger partial charge in [-0.1, -0.05) is 50.2 Å². The third kappa shape index (κ3) is 3.95. The van der Waals surface area contributed by atoms with Gasteiger partial charge in [-0.25, -0.2) is 0 Å². The first-order valence-corrected chi connectivity index (χ1v) is 10.1. The Labute approximate surface area is 181 Å². The minimum absolute atomic E-state index is 0.0459. The van der Waals surface area contributed by atoms with E-state index in [-0.39, 0.29) is 16.9 Å². The molecule has 31 heavy (non-hydrogen) atoms. The second-order valence-electron chi connectivity index (χ2n) is 6.85. The highest BCUT2D eigenvalue weighted by Gasteiger charge is 2.32. The lowest BCUT2D eigenvalue weighted by Crippen LogP contribution is -2.08. The highest BCUT2D eigenvalue weighted by atomic mass is 35.5. The number of hydrogen-bond acceptors (Lipinski definition) is 4. The van der Waals surface area contributed by atoms with Crippen molar-refractivity contribution in [3.63, 3.8) is 0 Å². The average Bonchev–Trinajstić information content (AvgIpc) is 3.13. The normalized spacial score (nSPS) is 11.8. The molecule has 0 saturated heterocycles. The van der Waals surface area contributed by atoms with E-state index in [1.165, 1.54) is 10.6 Å². The predicted octanol–water partition coefficient (Wildman–Crippen LogP) is 6.38. The molecule has 0 fully saturated rings. The molecule has 0 N–H and O–H groups in total. The van der Waals surface area contributed by atoms with E-state index in [9.17, 15) is 13.2 Å². The maximum absolute atomic E-state index is 13.4. The van der Waals surface area contributed by atoms with Crippen molar-refractivity contribution in [1.82, 2.24) is 19.8 Å². The van der Waals surface area contributed by atoms with Gasteiger partial charge in [0.05, 0.1) is 5.56 Å². The number of hydrogen-bond donors (Lipinski definition) is 0. The minimum atomic E-state index is -4.51. The van der Waals surface area contributed by atoms with Gasteiger partial charge in [0, 0.05) is 16.7 Å². The molecule has 4 aromatic rings. The van der Waals surface area contributed by atoms with E-state index in [2.05, 4.69) is 15.3 Å². The first kappa shape index (κ1) is 21.1. The third-order valence-electron chi connectivity index (χ3n) is 4.99. The first-order valence-electron chi connectivity index (χ1n) is 9.70. The maximum Gasteiger partial charge on any atom is 0.416 e. The third-order valence-corrected chi connectivity index (χ3v) is 5.23. The largest absolute Gasteiger partial charge is 0.437 e. The van der Waals surface area contributed by atoms with Crippen LogP contribution in [0.15, 0.2) is 48.5 Å². The molecule has 0 saturated carbocycles. The summed E-state index contributed by atoms with van der Waals surface area (Å²) in [6, 6.07) is 12.5. The lowest BCUT2D eigenvalue weighted by atomic mass is 10.0. The van der Waals surface area contributed by atoms with Crippen LogP contribution in [0.5, 0.6) is 11.6 Å². The Morgan fingerprint density at radius 2 is 1.68 bits per heavy atom. The molecule has 0 radical (unpaired) electrons. The molecule has 2 aromatic carbocycles. The molecule has 0 aliphatic carbocycles. The van der Waals surface area contributed by atoms with Crippen molar-refractivity contribution in [2.24, 2.45) is 0 Å². The van der Waals surface area contributed by atoms with E-state index in [1.807, 2.05) is 32.0 Å². The summed E-state index contributed by atoms with van der Waals surface area (Å²) in [5, 5.41) is 12.4. The SMILES string of the molecule is CCc1c(Oc2cc(C(F)(F)F)ccc2-c2ccccc2)nn2c(Cl)nnc2c1CC. The summed E-state index contributed by atoms with van der Waals surface area (Å²) < 4.78 is 47.6. The smallest absolute Gasteiger partial charge is 0.416 e.